The molecular formula is C15H19N3O2. The van der Waals surface area contributed by atoms with Gasteiger partial charge >= 0.3 is 6.03 Å². The van der Waals surface area contributed by atoms with Crippen molar-refractivity contribution in [1.29, 1.82) is 0 Å². The monoisotopic (exact) mass is 273 g/mol. The van der Waals surface area contributed by atoms with E-state index in [1.165, 1.54) is 4.90 Å². The van der Waals surface area contributed by atoms with Gasteiger partial charge in [-0.15, -0.1) is 0 Å². The van der Waals surface area contributed by atoms with E-state index in [9.17, 15) is 9.59 Å². The quantitative estimate of drug-likeness (QED) is 0.841. The molecule has 0 spiro atoms. The minimum atomic E-state index is -0.644. The van der Waals surface area contributed by atoms with Crippen LogP contribution < -0.4 is 5.73 Å². The molecule has 0 radical (unpaired) electrons. The van der Waals surface area contributed by atoms with E-state index in [0.29, 0.717) is 6.54 Å². The highest BCUT2D eigenvalue weighted by molar-refractivity contribution is 5.96. The van der Waals surface area contributed by atoms with Crippen LogP contribution in [0, 0.1) is 6.92 Å². The fourth-order valence-electron chi connectivity index (χ4n) is 3.51. The summed E-state index contributed by atoms with van der Waals surface area (Å²) in [5, 5.41) is 0. The standard InChI is InChI=1S/C15H19N3O2/c1-10-5-2-3-6-11(10)14-12-7-4-8-17(12)9-13(19)18(14)15(16)20/h2-3,5-6,12,14H,4,7-9H2,1H3,(H2,16,20). The number of imide groups is 1. The lowest BCUT2D eigenvalue weighted by atomic mass is 9.91. The van der Waals surface area contributed by atoms with Gasteiger partial charge in [-0.05, 0) is 37.4 Å². The van der Waals surface area contributed by atoms with Crippen LogP contribution in [0.1, 0.15) is 30.0 Å². The Kier molecular flexibility index (Phi) is 3.22. The predicted octanol–water partition coefficient (Wildman–Crippen LogP) is 1.42. The number of nitrogens with two attached hydrogens (primary N) is 1. The Labute approximate surface area is 118 Å². The van der Waals surface area contributed by atoms with Gasteiger partial charge in [-0.1, -0.05) is 24.3 Å². The SMILES string of the molecule is Cc1ccccc1C1C2CCCN2CC(=O)N1C(N)=O. The number of carbonyl (C=O) groups is 2. The number of carbonyl (C=O) groups excluding carboxylic acids is 2. The Morgan fingerprint density at radius 3 is 2.80 bits per heavy atom. The second kappa shape index (κ2) is 4.90. The van der Waals surface area contributed by atoms with E-state index in [1.54, 1.807) is 0 Å². The van der Waals surface area contributed by atoms with Crippen LogP contribution in [0.5, 0.6) is 0 Å². The molecule has 2 aliphatic heterocycles. The van der Waals surface area contributed by atoms with Crippen LogP contribution in [-0.2, 0) is 4.79 Å². The van der Waals surface area contributed by atoms with Gasteiger partial charge in [0.25, 0.3) is 0 Å². The van der Waals surface area contributed by atoms with Crippen LogP contribution in [0.3, 0.4) is 0 Å². The second-order valence-electron chi connectivity index (χ2n) is 5.58. The molecule has 5 nitrogen and oxygen atoms in total. The van der Waals surface area contributed by atoms with Gasteiger partial charge in [-0.3, -0.25) is 14.6 Å². The van der Waals surface area contributed by atoms with Crippen LogP contribution in [-0.4, -0.2) is 40.9 Å². The van der Waals surface area contributed by atoms with Crippen LogP contribution >= 0.6 is 0 Å². The average Bonchev–Trinajstić information content (AvgIpc) is 2.85. The number of urea groups is 1. The molecule has 0 saturated carbocycles. The zero-order chi connectivity index (χ0) is 14.3. The molecular weight excluding hydrogens is 254 g/mol. The molecule has 20 heavy (non-hydrogen) atoms. The topological polar surface area (TPSA) is 66.6 Å². The summed E-state index contributed by atoms with van der Waals surface area (Å²) in [6.07, 6.45) is 2.06. The van der Waals surface area contributed by atoms with Crippen molar-refractivity contribution >= 4 is 11.9 Å². The van der Waals surface area contributed by atoms with Crippen molar-refractivity contribution in [2.75, 3.05) is 13.1 Å². The van der Waals surface area contributed by atoms with Gasteiger partial charge in [0.05, 0.1) is 12.6 Å². The van der Waals surface area contributed by atoms with Crippen molar-refractivity contribution < 1.29 is 9.59 Å². The molecule has 106 valence electrons. The van der Waals surface area contributed by atoms with Gasteiger partial charge in [-0.25, -0.2) is 4.79 Å². The molecule has 2 N–H and O–H groups in total. The first-order valence-electron chi connectivity index (χ1n) is 7.00. The molecule has 0 aliphatic carbocycles. The van der Waals surface area contributed by atoms with Gasteiger partial charge in [0.2, 0.25) is 5.91 Å². The minimum Gasteiger partial charge on any atom is -0.351 e. The van der Waals surface area contributed by atoms with E-state index in [4.69, 9.17) is 5.73 Å². The molecule has 2 heterocycles. The number of hydrogen-bond acceptors (Lipinski definition) is 3. The molecule has 2 unspecified atom stereocenters. The largest absolute Gasteiger partial charge is 0.351 e. The van der Waals surface area contributed by atoms with Gasteiger partial charge in [0, 0.05) is 6.04 Å². The number of primary amides is 1. The summed E-state index contributed by atoms with van der Waals surface area (Å²) in [5.74, 6) is -0.191. The third kappa shape index (κ3) is 1.98. The third-order valence-electron chi connectivity index (χ3n) is 4.41. The third-order valence-corrected chi connectivity index (χ3v) is 4.41. The maximum atomic E-state index is 12.3. The highest BCUT2D eigenvalue weighted by Gasteiger charge is 2.45. The summed E-state index contributed by atoms with van der Waals surface area (Å²) in [6, 6.07) is 7.20. The van der Waals surface area contributed by atoms with E-state index in [-0.39, 0.29) is 18.0 Å². The van der Waals surface area contributed by atoms with Crippen molar-refractivity contribution in [3.63, 3.8) is 0 Å². The van der Waals surface area contributed by atoms with E-state index >= 15 is 0 Å². The summed E-state index contributed by atoms with van der Waals surface area (Å²) in [7, 11) is 0. The number of fused-ring (bicyclic) bond motifs is 1. The summed E-state index contributed by atoms with van der Waals surface area (Å²) in [4.78, 5) is 27.5. The van der Waals surface area contributed by atoms with Gasteiger partial charge in [0.15, 0.2) is 0 Å². The van der Waals surface area contributed by atoms with Crippen molar-refractivity contribution in [2.24, 2.45) is 5.73 Å². The van der Waals surface area contributed by atoms with Gasteiger partial charge < -0.3 is 5.73 Å². The number of amides is 3. The molecule has 2 saturated heterocycles. The Morgan fingerprint density at radius 2 is 2.10 bits per heavy atom. The number of aryl methyl sites for hydroxylation is 1. The number of benzene rings is 1. The van der Waals surface area contributed by atoms with Gasteiger partial charge in [-0.2, -0.15) is 0 Å². The van der Waals surface area contributed by atoms with E-state index in [2.05, 4.69) is 4.90 Å². The number of piperazine rings is 1. The van der Waals surface area contributed by atoms with E-state index < -0.39 is 6.03 Å². The fraction of sp³-hybridized carbons (Fsp3) is 0.467. The van der Waals surface area contributed by atoms with Crippen molar-refractivity contribution in [2.45, 2.75) is 31.8 Å². The first kappa shape index (κ1) is 13.1. The lowest BCUT2D eigenvalue weighted by Crippen LogP contribution is -2.58. The second-order valence-corrected chi connectivity index (χ2v) is 5.58. The average molecular weight is 273 g/mol. The maximum absolute atomic E-state index is 12.3. The first-order valence-corrected chi connectivity index (χ1v) is 7.00. The summed E-state index contributed by atoms with van der Waals surface area (Å²) in [6.45, 7) is 3.23. The van der Waals surface area contributed by atoms with E-state index in [0.717, 1.165) is 30.5 Å². The Morgan fingerprint density at radius 1 is 1.35 bits per heavy atom. The molecule has 3 rings (SSSR count). The highest BCUT2D eigenvalue weighted by atomic mass is 16.2. The molecule has 1 aromatic carbocycles. The minimum absolute atomic E-state index is 0.191. The number of hydrogen-bond donors (Lipinski definition) is 1. The van der Waals surface area contributed by atoms with Crippen LogP contribution in [0.4, 0.5) is 4.79 Å². The lowest BCUT2D eigenvalue weighted by Gasteiger charge is -2.43. The first-order chi connectivity index (χ1) is 9.59. The van der Waals surface area contributed by atoms with E-state index in [1.807, 2.05) is 31.2 Å². The molecule has 3 amide bonds. The summed E-state index contributed by atoms with van der Waals surface area (Å²) in [5.41, 5.74) is 7.58. The number of rotatable bonds is 1. The molecule has 5 heteroatoms. The zero-order valence-corrected chi connectivity index (χ0v) is 11.6. The number of nitrogens with zero attached hydrogens (tertiary/aromatic N) is 2. The molecule has 0 bridgehead atoms. The van der Waals surface area contributed by atoms with Crippen molar-refractivity contribution in [3.05, 3.63) is 35.4 Å². The normalized spacial score (nSPS) is 26.6. The predicted molar refractivity (Wildman–Crippen MR) is 74.9 cm³/mol. The zero-order valence-electron chi connectivity index (χ0n) is 11.6. The van der Waals surface area contributed by atoms with Gasteiger partial charge in [0.1, 0.15) is 0 Å². The Balaban J connectivity index is 2.08. The summed E-state index contributed by atoms with van der Waals surface area (Å²) < 4.78 is 0. The van der Waals surface area contributed by atoms with Crippen LogP contribution in [0.25, 0.3) is 0 Å². The van der Waals surface area contributed by atoms with Crippen molar-refractivity contribution in [3.8, 4) is 0 Å². The Bertz CT molecular complexity index is 558. The molecule has 0 aromatic heterocycles. The fourth-order valence-corrected chi connectivity index (χ4v) is 3.51. The Hall–Kier alpha value is -1.88. The van der Waals surface area contributed by atoms with Crippen molar-refractivity contribution in [1.82, 2.24) is 9.80 Å². The summed E-state index contributed by atoms with van der Waals surface area (Å²) >= 11 is 0. The maximum Gasteiger partial charge on any atom is 0.322 e. The lowest BCUT2D eigenvalue weighted by molar-refractivity contribution is -0.137. The molecule has 2 fully saturated rings. The molecule has 2 atom stereocenters. The van der Waals surface area contributed by atoms with Crippen LogP contribution in [0.15, 0.2) is 24.3 Å². The molecule has 1 aromatic rings. The molecule has 2 aliphatic rings. The van der Waals surface area contributed by atoms with Crippen LogP contribution in [0.2, 0.25) is 0 Å². The smallest absolute Gasteiger partial charge is 0.322 e. The highest BCUT2D eigenvalue weighted by Crippen LogP contribution is 2.38.